The number of anilines is 3. The molecule has 0 aromatic heterocycles. The first-order valence-electron chi connectivity index (χ1n) is 18.3. The van der Waals surface area contributed by atoms with Crippen LogP contribution in [0.25, 0.3) is 33.4 Å². The molecule has 2 bridgehead atoms. The molecule has 2 unspecified atom stereocenters. The van der Waals surface area contributed by atoms with Gasteiger partial charge in [-0.05, 0) is 98.2 Å². The molecule has 0 radical (unpaired) electrons. The van der Waals surface area contributed by atoms with Gasteiger partial charge in [-0.25, -0.2) is 0 Å². The third-order valence-electron chi connectivity index (χ3n) is 12.7. The van der Waals surface area contributed by atoms with Crippen molar-refractivity contribution in [2.45, 2.75) is 37.0 Å². The monoisotopic (exact) mass is 639 g/mol. The number of benzene rings is 7. The number of para-hydroxylation sites is 1. The van der Waals surface area contributed by atoms with Gasteiger partial charge in [0.05, 0.1) is 22.5 Å². The quantitative estimate of drug-likeness (QED) is 0.185. The topological polar surface area (TPSA) is 3.24 Å². The summed E-state index contributed by atoms with van der Waals surface area (Å²) >= 11 is 0. The molecule has 7 aromatic rings. The first-order chi connectivity index (χ1) is 24.8. The summed E-state index contributed by atoms with van der Waals surface area (Å²) < 4.78 is 0. The average molecular weight is 640 g/mol. The highest BCUT2D eigenvalue weighted by Crippen LogP contribution is 2.80. The zero-order valence-corrected chi connectivity index (χ0v) is 28.0. The minimum Gasteiger partial charge on any atom is -0.309 e. The van der Waals surface area contributed by atoms with Crippen LogP contribution in [-0.2, 0) is 5.41 Å². The van der Waals surface area contributed by atoms with E-state index in [0.29, 0.717) is 5.92 Å². The summed E-state index contributed by atoms with van der Waals surface area (Å²) in [6.45, 7) is 0. The third-order valence-corrected chi connectivity index (χ3v) is 12.7. The van der Waals surface area contributed by atoms with Crippen molar-refractivity contribution in [3.05, 3.63) is 198 Å². The van der Waals surface area contributed by atoms with E-state index < -0.39 is 0 Å². The molecule has 1 saturated carbocycles. The Hall–Kier alpha value is -5.66. The smallest absolute Gasteiger partial charge is 0.0563 e. The molecule has 2 spiro atoms. The SMILES string of the molecule is c1ccc(-c2ccccc2-c2ccc3c(c2)C24c5ccccc5C(c5cccc(c52)N3c2ccccc2-c2ccccc2)C42CCCC2)cc1. The van der Waals surface area contributed by atoms with E-state index in [2.05, 4.69) is 175 Å². The van der Waals surface area contributed by atoms with Crippen LogP contribution in [0.15, 0.2) is 170 Å². The van der Waals surface area contributed by atoms with Gasteiger partial charge in [-0.15, -0.1) is 0 Å². The van der Waals surface area contributed by atoms with Gasteiger partial charge in [-0.2, -0.15) is 0 Å². The fraction of sp³-hybridized carbons (Fsp3) is 0.143. The van der Waals surface area contributed by atoms with Crippen LogP contribution in [-0.4, -0.2) is 0 Å². The van der Waals surface area contributed by atoms with E-state index in [1.165, 1.54) is 87.3 Å². The molecule has 1 heterocycles. The number of hydrogen-bond acceptors (Lipinski definition) is 1. The molecule has 1 heteroatoms. The number of nitrogens with zero attached hydrogens (tertiary/aromatic N) is 1. The molecule has 1 fully saturated rings. The van der Waals surface area contributed by atoms with E-state index in [-0.39, 0.29) is 10.8 Å². The van der Waals surface area contributed by atoms with E-state index in [1.807, 2.05) is 0 Å². The Morgan fingerprint density at radius 3 is 1.76 bits per heavy atom. The molecule has 0 N–H and O–H groups in total. The van der Waals surface area contributed by atoms with Gasteiger partial charge in [-0.1, -0.05) is 158 Å². The van der Waals surface area contributed by atoms with E-state index >= 15 is 0 Å². The zero-order valence-electron chi connectivity index (χ0n) is 28.0. The van der Waals surface area contributed by atoms with Crippen LogP contribution < -0.4 is 4.90 Å². The van der Waals surface area contributed by atoms with Crippen molar-refractivity contribution in [3.8, 4) is 33.4 Å². The number of rotatable bonds is 4. The highest BCUT2D eigenvalue weighted by atomic mass is 15.2. The van der Waals surface area contributed by atoms with Gasteiger partial charge in [0, 0.05) is 11.5 Å². The van der Waals surface area contributed by atoms with Crippen LogP contribution in [0.4, 0.5) is 17.1 Å². The molecule has 0 amide bonds. The Balaban J connectivity index is 1.26. The Morgan fingerprint density at radius 2 is 1.00 bits per heavy atom. The molecule has 4 aliphatic rings. The Kier molecular flexibility index (Phi) is 5.88. The summed E-state index contributed by atoms with van der Waals surface area (Å²) in [4.78, 5) is 2.61. The highest BCUT2D eigenvalue weighted by Gasteiger charge is 2.72. The average Bonchev–Trinajstić information content (AvgIpc) is 3.85. The van der Waals surface area contributed by atoms with E-state index in [4.69, 9.17) is 0 Å². The second-order valence-corrected chi connectivity index (χ2v) is 14.7. The maximum Gasteiger partial charge on any atom is 0.0563 e. The molecular weight excluding hydrogens is 603 g/mol. The Labute approximate surface area is 294 Å². The minimum absolute atomic E-state index is 0.131. The summed E-state index contributed by atoms with van der Waals surface area (Å²) in [5.41, 5.74) is 19.1. The minimum atomic E-state index is -0.206. The molecule has 3 aliphatic carbocycles. The van der Waals surface area contributed by atoms with Gasteiger partial charge < -0.3 is 4.90 Å². The molecule has 50 heavy (non-hydrogen) atoms. The number of fused-ring (bicyclic) bond motifs is 4. The summed E-state index contributed by atoms with van der Waals surface area (Å²) in [6.07, 6.45) is 5.10. The predicted octanol–water partition coefficient (Wildman–Crippen LogP) is 12.8. The second-order valence-electron chi connectivity index (χ2n) is 14.7. The first-order valence-corrected chi connectivity index (χ1v) is 18.3. The Bertz CT molecular complexity index is 2450. The lowest BCUT2D eigenvalue weighted by molar-refractivity contribution is 0.214. The molecule has 11 rings (SSSR count). The fourth-order valence-electron chi connectivity index (χ4n) is 11.1. The second kappa shape index (κ2) is 10.4. The molecule has 1 aliphatic heterocycles. The third kappa shape index (κ3) is 3.47. The summed E-state index contributed by atoms with van der Waals surface area (Å²) in [5, 5.41) is 0. The zero-order chi connectivity index (χ0) is 32.9. The van der Waals surface area contributed by atoms with Crippen molar-refractivity contribution >= 4 is 17.1 Å². The van der Waals surface area contributed by atoms with Gasteiger partial charge in [0.25, 0.3) is 0 Å². The van der Waals surface area contributed by atoms with Crippen LogP contribution in [0.1, 0.15) is 59.4 Å². The molecule has 2 atom stereocenters. The van der Waals surface area contributed by atoms with Crippen LogP contribution in [0.3, 0.4) is 0 Å². The van der Waals surface area contributed by atoms with Crippen LogP contribution >= 0.6 is 0 Å². The molecule has 0 saturated heterocycles. The Morgan fingerprint density at radius 1 is 0.420 bits per heavy atom. The lowest BCUT2D eigenvalue weighted by Crippen LogP contribution is -2.44. The van der Waals surface area contributed by atoms with Gasteiger partial charge in [-0.3, -0.25) is 0 Å². The lowest BCUT2D eigenvalue weighted by Gasteiger charge is -2.50. The number of hydrogen-bond donors (Lipinski definition) is 0. The van der Waals surface area contributed by atoms with Crippen molar-refractivity contribution in [2.24, 2.45) is 5.41 Å². The highest BCUT2D eigenvalue weighted by molar-refractivity contribution is 5.98. The maximum absolute atomic E-state index is 2.61. The predicted molar refractivity (Wildman–Crippen MR) is 207 cm³/mol. The van der Waals surface area contributed by atoms with Crippen molar-refractivity contribution in [2.75, 3.05) is 4.90 Å². The molecule has 7 aromatic carbocycles. The normalized spacial score (nSPS) is 20.1. The largest absolute Gasteiger partial charge is 0.309 e. The van der Waals surface area contributed by atoms with Crippen molar-refractivity contribution in [1.29, 1.82) is 0 Å². The summed E-state index contributed by atoms with van der Waals surface area (Å²) in [6, 6.07) is 64.0. The van der Waals surface area contributed by atoms with Gasteiger partial charge in [0.1, 0.15) is 0 Å². The van der Waals surface area contributed by atoms with Gasteiger partial charge in [0.2, 0.25) is 0 Å². The lowest BCUT2D eigenvalue weighted by atomic mass is 9.56. The van der Waals surface area contributed by atoms with Gasteiger partial charge >= 0.3 is 0 Å². The first kappa shape index (κ1) is 28.2. The van der Waals surface area contributed by atoms with Crippen LogP contribution in [0.2, 0.25) is 0 Å². The van der Waals surface area contributed by atoms with E-state index in [1.54, 1.807) is 16.7 Å². The van der Waals surface area contributed by atoms with Gasteiger partial charge in [0.15, 0.2) is 0 Å². The van der Waals surface area contributed by atoms with Crippen molar-refractivity contribution < 1.29 is 0 Å². The van der Waals surface area contributed by atoms with Crippen LogP contribution in [0.5, 0.6) is 0 Å². The molecule has 238 valence electrons. The van der Waals surface area contributed by atoms with Crippen molar-refractivity contribution in [3.63, 3.8) is 0 Å². The standard InChI is InChI=1S/C49H37N/c1-3-16-33(17-4-1)36-20-7-8-21-37(36)35-28-29-44-42(32-35)49-41-25-11-9-23-39(41)46(48(49)30-13-14-31-48)40-24-15-27-45(47(40)49)50(44)43-26-12-10-22-38(43)34-18-5-2-6-19-34/h1-12,15-29,32,46H,13-14,30-31H2. The fourth-order valence-corrected chi connectivity index (χ4v) is 11.1. The summed E-state index contributed by atoms with van der Waals surface area (Å²) in [7, 11) is 0. The molecular formula is C49H37N. The summed E-state index contributed by atoms with van der Waals surface area (Å²) in [5.74, 6) is 0.411. The maximum atomic E-state index is 2.61. The van der Waals surface area contributed by atoms with E-state index in [9.17, 15) is 0 Å². The van der Waals surface area contributed by atoms with Crippen molar-refractivity contribution in [1.82, 2.24) is 0 Å². The van der Waals surface area contributed by atoms with Crippen LogP contribution in [0, 0.1) is 5.41 Å². The van der Waals surface area contributed by atoms with E-state index in [0.717, 1.165) is 0 Å². The molecule has 1 nitrogen and oxygen atoms in total.